The monoisotopic (exact) mass is 257 g/mol. The molecule has 2 rings (SSSR count). The van der Waals surface area contributed by atoms with Crippen molar-refractivity contribution in [1.82, 2.24) is 25.0 Å². The zero-order valence-electron chi connectivity index (χ0n) is 8.84. The smallest absolute Gasteiger partial charge is 0.237 e. The number of nitrogen functional groups attached to an aromatic ring is 1. The molecule has 0 saturated carbocycles. The van der Waals surface area contributed by atoms with Crippen LogP contribution in [0.25, 0.3) is 5.13 Å². The number of anilines is 2. The van der Waals surface area contributed by atoms with Crippen LogP contribution in [0.5, 0.6) is 0 Å². The van der Waals surface area contributed by atoms with Crippen LogP contribution < -0.4 is 11.1 Å². The SMILES string of the molecule is CCNc1nnc(-n2nc(SC)nc2N)s1. The second-order valence-electron chi connectivity index (χ2n) is 2.79. The summed E-state index contributed by atoms with van der Waals surface area (Å²) in [5.74, 6) is 0.323. The van der Waals surface area contributed by atoms with Crippen molar-refractivity contribution in [2.75, 3.05) is 23.9 Å². The zero-order valence-corrected chi connectivity index (χ0v) is 10.5. The predicted octanol–water partition coefficient (Wildman–Crippen LogP) is 0.855. The number of hydrogen-bond acceptors (Lipinski definition) is 8. The quantitative estimate of drug-likeness (QED) is 0.784. The lowest BCUT2D eigenvalue weighted by molar-refractivity contribution is 0.818. The van der Waals surface area contributed by atoms with E-state index in [4.69, 9.17) is 5.73 Å². The first-order valence-electron chi connectivity index (χ1n) is 4.59. The molecule has 86 valence electrons. The van der Waals surface area contributed by atoms with Crippen LogP contribution in [0, 0.1) is 0 Å². The van der Waals surface area contributed by atoms with Gasteiger partial charge in [0.05, 0.1) is 0 Å². The fourth-order valence-electron chi connectivity index (χ4n) is 1.06. The molecule has 0 aliphatic rings. The summed E-state index contributed by atoms with van der Waals surface area (Å²) in [7, 11) is 0. The summed E-state index contributed by atoms with van der Waals surface area (Å²) in [4.78, 5) is 4.07. The van der Waals surface area contributed by atoms with Gasteiger partial charge in [-0.15, -0.1) is 15.3 Å². The number of nitrogens with two attached hydrogens (primary N) is 1. The summed E-state index contributed by atoms with van der Waals surface area (Å²) in [5.41, 5.74) is 5.73. The molecule has 2 aromatic heterocycles. The number of rotatable bonds is 4. The Labute approximate surface area is 100 Å². The van der Waals surface area contributed by atoms with E-state index in [1.165, 1.54) is 27.8 Å². The normalized spacial score (nSPS) is 10.6. The van der Waals surface area contributed by atoms with E-state index in [1.54, 1.807) is 0 Å². The second-order valence-corrected chi connectivity index (χ2v) is 4.52. The van der Waals surface area contributed by atoms with Crippen molar-refractivity contribution in [2.24, 2.45) is 0 Å². The molecule has 0 radical (unpaired) electrons. The van der Waals surface area contributed by atoms with Gasteiger partial charge in [0.1, 0.15) is 0 Å². The first-order chi connectivity index (χ1) is 7.74. The van der Waals surface area contributed by atoms with E-state index >= 15 is 0 Å². The van der Waals surface area contributed by atoms with Crippen LogP contribution in [0.4, 0.5) is 11.1 Å². The van der Waals surface area contributed by atoms with Gasteiger partial charge in [0.2, 0.25) is 21.4 Å². The van der Waals surface area contributed by atoms with Gasteiger partial charge in [-0.3, -0.25) is 0 Å². The first kappa shape index (κ1) is 11.1. The highest BCUT2D eigenvalue weighted by Crippen LogP contribution is 2.21. The highest BCUT2D eigenvalue weighted by molar-refractivity contribution is 7.98. The summed E-state index contributed by atoms with van der Waals surface area (Å²) in [6, 6.07) is 0. The number of nitrogens with zero attached hydrogens (tertiary/aromatic N) is 5. The van der Waals surface area contributed by atoms with Gasteiger partial charge in [0, 0.05) is 6.54 Å². The largest absolute Gasteiger partial charge is 0.368 e. The third-order valence-electron chi connectivity index (χ3n) is 1.72. The van der Waals surface area contributed by atoms with Gasteiger partial charge < -0.3 is 11.1 Å². The minimum Gasteiger partial charge on any atom is -0.368 e. The maximum atomic E-state index is 5.73. The Morgan fingerprint density at radius 3 is 2.94 bits per heavy atom. The van der Waals surface area contributed by atoms with Crippen LogP contribution in [0.15, 0.2) is 5.16 Å². The molecule has 0 unspecified atom stereocenters. The maximum Gasteiger partial charge on any atom is 0.237 e. The Morgan fingerprint density at radius 2 is 2.31 bits per heavy atom. The molecule has 2 heterocycles. The van der Waals surface area contributed by atoms with Crippen molar-refractivity contribution in [2.45, 2.75) is 12.1 Å². The summed E-state index contributed by atoms with van der Waals surface area (Å²) in [5, 5.41) is 17.2. The average molecular weight is 257 g/mol. The van der Waals surface area contributed by atoms with Crippen LogP contribution in [0.2, 0.25) is 0 Å². The van der Waals surface area contributed by atoms with Gasteiger partial charge in [-0.2, -0.15) is 9.67 Å². The van der Waals surface area contributed by atoms with Crippen molar-refractivity contribution in [1.29, 1.82) is 0 Å². The van der Waals surface area contributed by atoms with Gasteiger partial charge in [-0.05, 0) is 13.2 Å². The molecule has 2 aromatic rings. The lowest BCUT2D eigenvalue weighted by atomic mass is 10.8. The Hall–Kier alpha value is -1.35. The summed E-state index contributed by atoms with van der Waals surface area (Å²) in [6.07, 6.45) is 1.89. The Morgan fingerprint density at radius 1 is 1.50 bits per heavy atom. The zero-order chi connectivity index (χ0) is 11.5. The van der Waals surface area contributed by atoms with Crippen LogP contribution >= 0.6 is 23.1 Å². The molecule has 0 atom stereocenters. The van der Waals surface area contributed by atoms with E-state index < -0.39 is 0 Å². The minimum atomic E-state index is 0.323. The van der Waals surface area contributed by atoms with Crippen LogP contribution in [-0.4, -0.2) is 37.8 Å². The molecule has 0 fully saturated rings. The molecule has 0 bridgehead atoms. The van der Waals surface area contributed by atoms with Crippen LogP contribution in [-0.2, 0) is 0 Å². The molecule has 9 heteroatoms. The Bertz CT molecular complexity index is 477. The van der Waals surface area contributed by atoms with E-state index in [2.05, 4.69) is 25.6 Å². The predicted molar refractivity (Wildman–Crippen MR) is 65.2 cm³/mol. The number of hydrogen-bond donors (Lipinski definition) is 2. The number of nitrogens with one attached hydrogen (secondary N) is 1. The molecule has 0 spiro atoms. The molecule has 3 N–H and O–H groups in total. The number of aromatic nitrogens is 5. The van der Waals surface area contributed by atoms with Gasteiger partial charge in [-0.25, -0.2) is 0 Å². The molecule has 0 aromatic carbocycles. The van der Waals surface area contributed by atoms with Crippen molar-refractivity contribution in [3.05, 3.63) is 0 Å². The molecule has 0 aliphatic heterocycles. The molecule has 0 saturated heterocycles. The van der Waals surface area contributed by atoms with E-state index in [1.807, 2.05) is 13.2 Å². The summed E-state index contributed by atoms with van der Waals surface area (Å²) < 4.78 is 1.49. The van der Waals surface area contributed by atoms with Crippen LogP contribution in [0.3, 0.4) is 0 Å². The average Bonchev–Trinajstić information content (AvgIpc) is 2.85. The third-order valence-corrected chi connectivity index (χ3v) is 3.11. The van der Waals surface area contributed by atoms with Crippen molar-refractivity contribution in [3.8, 4) is 5.13 Å². The second kappa shape index (κ2) is 4.66. The minimum absolute atomic E-state index is 0.323. The van der Waals surface area contributed by atoms with Crippen LogP contribution in [0.1, 0.15) is 6.92 Å². The standard InChI is InChI=1S/C7H11N7S2/c1-3-9-5-11-12-7(16-5)14-4(8)10-6(13-14)15-2/h3H2,1-2H3,(H,9,11)(H2,8,10,13). The molecule has 0 aliphatic carbocycles. The molecule has 0 amide bonds. The van der Waals surface area contributed by atoms with Crippen molar-refractivity contribution >= 4 is 34.2 Å². The highest BCUT2D eigenvalue weighted by atomic mass is 32.2. The molecular formula is C7H11N7S2. The third kappa shape index (κ3) is 2.09. The van der Waals surface area contributed by atoms with Gasteiger partial charge in [0.25, 0.3) is 0 Å². The van der Waals surface area contributed by atoms with Gasteiger partial charge >= 0.3 is 0 Å². The van der Waals surface area contributed by atoms with E-state index in [-0.39, 0.29) is 0 Å². The maximum absolute atomic E-state index is 5.73. The van der Waals surface area contributed by atoms with E-state index in [9.17, 15) is 0 Å². The topological polar surface area (TPSA) is 94.5 Å². The van der Waals surface area contributed by atoms with Gasteiger partial charge in [-0.1, -0.05) is 23.1 Å². The molecule has 7 nitrogen and oxygen atoms in total. The Balaban J connectivity index is 2.30. The van der Waals surface area contributed by atoms with Gasteiger partial charge in [0.15, 0.2) is 0 Å². The fraction of sp³-hybridized carbons (Fsp3) is 0.429. The van der Waals surface area contributed by atoms with Crippen molar-refractivity contribution < 1.29 is 0 Å². The lowest BCUT2D eigenvalue weighted by Gasteiger charge is -1.94. The van der Waals surface area contributed by atoms with Crippen molar-refractivity contribution in [3.63, 3.8) is 0 Å². The molecule has 16 heavy (non-hydrogen) atoms. The summed E-state index contributed by atoms with van der Waals surface area (Å²) >= 11 is 2.82. The number of thioether (sulfide) groups is 1. The highest BCUT2D eigenvalue weighted by Gasteiger charge is 2.12. The van der Waals surface area contributed by atoms with E-state index in [0.29, 0.717) is 16.2 Å². The lowest BCUT2D eigenvalue weighted by Crippen LogP contribution is -2.01. The Kier molecular flexibility index (Phi) is 3.25. The fourth-order valence-corrected chi connectivity index (χ4v) is 2.18. The molecular weight excluding hydrogens is 246 g/mol. The van der Waals surface area contributed by atoms with E-state index in [0.717, 1.165) is 11.7 Å². The summed E-state index contributed by atoms with van der Waals surface area (Å²) in [6.45, 7) is 2.80. The first-order valence-corrected chi connectivity index (χ1v) is 6.63.